The number of benzene rings is 1. The summed E-state index contributed by atoms with van der Waals surface area (Å²) in [4.78, 5) is 27.8. The lowest BCUT2D eigenvalue weighted by Crippen LogP contribution is -2.18. The van der Waals surface area contributed by atoms with Crippen molar-refractivity contribution in [1.29, 1.82) is 0 Å². The molecule has 2 atom stereocenters. The molecule has 2 N–H and O–H groups in total. The van der Waals surface area contributed by atoms with Gasteiger partial charge in [0, 0.05) is 11.6 Å². The molecule has 0 saturated heterocycles. The normalized spacial score (nSPS) is 22.8. The van der Waals surface area contributed by atoms with Gasteiger partial charge in [-0.25, -0.2) is 0 Å². The molecule has 1 heterocycles. The average molecular weight is 284 g/mol. The molecule has 1 aliphatic rings. The van der Waals surface area contributed by atoms with Crippen LogP contribution in [0.5, 0.6) is 0 Å². The molecule has 0 bridgehead atoms. The number of carboxylic acids is 1. The zero-order chi connectivity index (χ0) is 15.2. The highest BCUT2D eigenvalue weighted by Crippen LogP contribution is 2.58. The number of para-hydroxylation sites is 1. The first-order chi connectivity index (χ1) is 9.93. The Labute approximate surface area is 122 Å². The highest BCUT2D eigenvalue weighted by molar-refractivity contribution is 6.04. The summed E-state index contributed by atoms with van der Waals surface area (Å²) in [5.41, 5.74) is 0.817. The van der Waals surface area contributed by atoms with Gasteiger partial charge in [-0.2, -0.15) is 0 Å². The minimum Gasteiger partial charge on any atom is -0.481 e. The van der Waals surface area contributed by atoms with E-state index in [2.05, 4.69) is 10.3 Å². The molecule has 5 nitrogen and oxygen atoms in total. The van der Waals surface area contributed by atoms with Crippen molar-refractivity contribution in [1.82, 2.24) is 4.98 Å². The van der Waals surface area contributed by atoms with Crippen molar-refractivity contribution in [2.45, 2.75) is 13.8 Å². The summed E-state index contributed by atoms with van der Waals surface area (Å²) in [5.74, 6) is -2.31. The van der Waals surface area contributed by atoms with Gasteiger partial charge >= 0.3 is 5.97 Å². The van der Waals surface area contributed by atoms with Crippen LogP contribution in [0.2, 0.25) is 0 Å². The molecule has 0 spiro atoms. The molecular weight excluding hydrogens is 268 g/mol. The van der Waals surface area contributed by atoms with E-state index in [0.29, 0.717) is 11.2 Å². The number of nitrogens with zero attached hydrogens (tertiary/aromatic N) is 1. The van der Waals surface area contributed by atoms with Gasteiger partial charge in [0.15, 0.2) is 0 Å². The number of anilines is 1. The van der Waals surface area contributed by atoms with E-state index in [9.17, 15) is 9.59 Å². The molecule has 108 valence electrons. The summed E-state index contributed by atoms with van der Waals surface area (Å²) < 4.78 is 0. The van der Waals surface area contributed by atoms with Gasteiger partial charge in [-0.3, -0.25) is 14.6 Å². The molecule has 0 aliphatic heterocycles. The number of aromatic nitrogens is 1. The van der Waals surface area contributed by atoms with Crippen molar-refractivity contribution >= 4 is 28.5 Å². The van der Waals surface area contributed by atoms with E-state index in [4.69, 9.17) is 5.11 Å². The van der Waals surface area contributed by atoms with E-state index >= 15 is 0 Å². The van der Waals surface area contributed by atoms with Crippen LogP contribution in [0, 0.1) is 17.3 Å². The van der Waals surface area contributed by atoms with Gasteiger partial charge in [0.05, 0.1) is 23.0 Å². The third kappa shape index (κ3) is 2.14. The van der Waals surface area contributed by atoms with Crippen LogP contribution in [0.15, 0.2) is 36.5 Å². The van der Waals surface area contributed by atoms with Crippen molar-refractivity contribution < 1.29 is 14.7 Å². The van der Waals surface area contributed by atoms with Crippen LogP contribution in [0.3, 0.4) is 0 Å². The Kier molecular flexibility index (Phi) is 2.93. The molecule has 2 aromatic rings. The van der Waals surface area contributed by atoms with Crippen molar-refractivity contribution in [3.8, 4) is 0 Å². The molecule has 1 amide bonds. The number of aliphatic carboxylic acids is 1. The molecule has 21 heavy (non-hydrogen) atoms. The number of amides is 1. The van der Waals surface area contributed by atoms with E-state index in [1.54, 1.807) is 26.1 Å². The fraction of sp³-hybridized carbons (Fsp3) is 0.312. The molecule has 0 radical (unpaired) electrons. The van der Waals surface area contributed by atoms with Crippen LogP contribution >= 0.6 is 0 Å². The van der Waals surface area contributed by atoms with Gasteiger partial charge in [-0.1, -0.05) is 32.0 Å². The highest BCUT2D eigenvalue weighted by Gasteiger charge is 2.65. The molecule has 1 aromatic heterocycles. The second-order valence-corrected chi connectivity index (χ2v) is 5.98. The molecule has 5 heteroatoms. The Hall–Kier alpha value is -2.43. The smallest absolute Gasteiger partial charge is 0.307 e. The standard InChI is InChI=1S/C16H16N2O3/c1-16(2)11(12(16)15(20)21)14(19)18-10-7-3-5-9-6-4-8-17-13(9)10/h3-8,11-12H,1-2H3,(H,18,19)(H,20,21)/t11-,12+/m1/s1. The minimum atomic E-state index is -0.920. The van der Waals surface area contributed by atoms with Gasteiger partial charge < -0.3 is 10.4 Å². The Morgan fingerprint density at radius 3 is 2.57 bits per heavy atom. The summed E-state index contributed by atoms with van der Waals surface area (Å²) >= 11 is 0. The summed E-state index contributed by atoms with van der Waals surface area (Å²) in [6.07, 6.45) is 1.67. The quantitative estimate of drug-likeness (QED) is 0.907. The number of carbonyl (C=O) groups is 2. The minimum absolute atomic E-state index is 0.259. The van der Waals surface area contributed by atoms with Gasteiger partial charge in [0.1, 0.15) is 0 Å². The molecule has 1 aliphatic carbocycles. The van der Waals surface area contributed by atoms with Crippen molar-refractivity contribution in [2.75, 3.05) is 5.32 Å². The number of pyridine rings is 1. The van der Waals surface area contributed by atoms with Crippen LogP contribution in [0.1, 0.15) is 13.8 Å². The first-order valence-corrected chi connectivity index (χ1v) is 6.80. The SMILES string of the molecule is CC1(C)[C@H](C(=O)O)[C@@H]1C(=O)Nc1cccc2cccnc12. The first-order valence-electron chi connectivity index (χ1n) is 6.80. The van der Waals surface area contributed by atoms with E-state index in [-0.39, 0.29) is 5.91 Å². The Balaban J connectivity index is 1.87. The molecule has 0 unspecified atom stereocenters. The zero-order valence-electron chi connectivity index (χ0n) is 11.8. The van der Waals surface area contributed by atoms with Gasteiger partial charge in [-0.05, 0) is 17.5 Å². The van der Waals surface area contributed by atoms with E-state index in [1.165, 1.54) is 0 Å². The molecule has 1 aromatic carbocycles. The Morgan fingerprint density at radius 2 is 1.90 bits per heavy atom. The van der Waals surface area contributed by atoms with E-state index in [1.807, 2.05) is 24.3 Å². The largest absolute Gasteiger partial charge is 0.481 e. The summed E-state index contributed by atoms with van der Waals surface area (Å²) in [6.45, 7) is 3.61. The lowest BCUT2D eigenvalue weighted by atomic mass is 10.1. The molecular formula is C16H16N2O3. The third-order valence-corrected chi connectivity index (χ3v) is 4.27. The lowest BCUT2D eigenvalue weighted by molar-refractivity contribution is -0.140. The molecule has 1 fully saturated rings. The Bertz CT molecular complexity index is 734. The highest BCUT2D eigenvalue weighted by atomic mass is 16.4. The van der Waals surface area contributed by atoms with Crippen molar-refractivity contribution in [2.24, 2.45) is 17.3 Å². The van der Waals surface area contributed by atoms with Crippen molar-refractivity contribution in [3.63, 3.8) is 0 Å². The summed E-state index contributed by atoms with van der Waals surface area (Å²) in [7, 11) is 0. The predicted octanol–water partition coefficient (Wildman–Crippen LogP) is 2.53. The fourth-order valence-corrected chi connectivity index (χ4v) is 3.00. The number of carbonyl (C=O) groups excluding carboxylic acids is 1. The van der Waals surface area contributed by atoms with E-state index in [0.717, 1.165) is 5.39 Å². The van der Waals surface area contributed by atoms with Crippen LogP contribution in [0.25, 0.3) is 10.9 Å². The topological polar surface area (TPSA) is 79.3 Å². The summed E-state index contributed by atoms with van der Waals surface area (Å²) in [6, 6.07) is 9.28. The average Bonchev–Trinajstić information content (AvgIpc) is 3.02. The maximum absolute atomic E-state index is 12.3. The summed E-state index contributed by atoms with van der Waals surface area (Å²) in [5, 5.41) is 12.9. The number of hydrogen-bond donors (Lipinski definition) is 2. The zero-order valence-corrected chi connectivity index (χ0v) is 11.8. The number of nitrogens with one attached hydrogen (secondary N) is 1. The number of carboxylic acid groups (broad SMARTS) is 1. The third-order valence-electron chi connectivity index (χ3n) is 4.27. The van der Waals surface area contributed by atoms with Crippen LogP contribution in [0.4, 0.5) is 5.69 Å². The Morgan fingerprint density at radius 1 is 1.19 bits per heavy atom. The van der Waals surface area contributed by atoms with Crippen LogP contribution in [-0.2, 0) is 9.59 Å². The maximum Gasteiger partial charge on any atom is 0.307 e. The van der Waals surface area contributed by atoms with E-state index < -0.39 is 23.2 Å². The van der Waals surface area contributed by atoms with Gasteiger partial charge in [0.2, 0.25) is 5.91 Å². The second-order valence-electron chi connectivity index (χ2n) is 5.98. The fourth-order valence-electron chi connectivity index (χ4n) is 3.00. The second kappa shape index (κ2) is 4.55. The van der Waals surface area contributed by atoms with Gasteiger partial charge in [-0.15, -0.1) is 0 Å². The van der Waals surface area contributed by atoms with Gasteiger partial charge in [0.25, 0.3) is 0 Å². The predicted molar refractivity (Wildman–Crippen MR) is 78.8 cm³/mol. The van der Waals surface area contributed by atoms with Crippen LogP contribution in [-0.4, -0.2) is 22.0 Å². The first kappa shape index (κ1) is 13.5. The maximum atomic E-state index is 12.3. The number of hydrogen-bond acceptors (Lipinski definition) is 3. The monoisotopic (exact) mass is 284 g/mol. The number of rotatable bonds is 3. The van der Waals surface area contributed by atoms with Crippen molar-refractivity contribution in [3.05, 3.63) is 36.5 Å². The molecule has 1 saturated carbocycles. The number of fused-ring (bicyclic) bond motifs is 1. The van der Waals surface area contributed by atoms with Crippen LogP contribution < -0.4 is 5.32 Å². The molecule has 3 rings (SSSR count). The lowest BCUT2D eigenvalue weighted by Gasteiger charge is -2.08.